The fourth-order valence-corrected chi connectivity index (χ4v) is 3.25. The molecule has 0 heterocycles. The van der Waals surface area contributed by atoms with Crippen molar-refractivity contribution in [2.45, 2.75) is 24.4 Å². The Balaban J connectivity index is 1.91. The number of primary sulfonamides is 1. The van der Waals surface area contributed by atoms with E-state index in [2.05, 4.69) is 5.32 Å². The molecule has 2 aromatic rings. The molecule has 0 aliphatic heterocycles. The van der Waals surface area contributed by atoms with Gasteiger partial charge in [0.05, 0.1) is 24.6 Å². The highest BCUT2D eigenvalue weighted by Gasteiger charge is 2.14. The van der Waals surface area contributed by atoms with Gasteiger partial charge in [0.1, 0.15) is 0 Å². The van der Waals surface area contributed by atoms with Crippen LogP contribution in [0.5, 0.6) is 5.75 Å². The summed E-state index contributed by atoms with van der Waals surface area (Å²) in [6.45, 7) is 2.31. The largest absolute Gasteiger partial charge is 0.494 e. The Kier molecular flexibility index (Phi) is 7.11. The molecule has 3 N–H and O–H groups in total. The van der Waals surface area contributed by atoms with Gasteiger partial charge in [-0.1, -0.05) is 18.2 Å². The Morgan fingerprint density at radius 3 is 2.43 bits per heavy atom. The molecule has 0 fully saturated rings. The van der Waals surface area contributed by atoms with Gasteiger partial charge in [0, 0.05) is 6.54 Å². The van der Waals surface area contributed by atoms with Crippen LogP contribution in [0, 0.1) is 5.82 Å². The molecule has 28 heavy (non-hydrogen) atoms. The van der Waals surface area contributed by atoms with Crippen molar-refractivity contribution >= 4 is 15.9 Å². The second kappa shape index (κ2) is 9.13. The van der Waals surface area contributed by atoms with Gasteiger partial charge >= 0.3 is 0 Å². The van der Waals surface area contributed by atoms with Crippen LogP contribution in [0.4, 0.5) is 4.39 Å². The Morgan fingerprint density at radius 2 is 1.89 bits per heavy atom. The molecule has 0 saturated heterocycles. The fraction of sp³-hybridized carbons (Fsp3) is 0.316. The first-order valence-electron chi connectivity index (χ1n) is 8.53. The molecule has 0 saturated carbocycles. The molecule has 0 bridgehead atoms. The van der Waals surface area contributed by atoms with Crippen LogP contribution in [-0.4, -0.2) is 39.9 Å². The minimum absolute atomic E-state index is 0.0150. The number of hydrogen-bond acceptors (Lipinski definition) is 5. The predicted octanol–water partition coefficient (Wildman–Crippen LogP) is 1.79. The summed E-state index contributed by atoms with van der Waals surface area (Å²) < 4.78 is 41.2. The molecule has 2 rings (SSSR count). The Bertz CT molecular complexity index is 933. The van der Waals surface area contributed by atoms with Crippen molar-refractivity contribution in [3.05, 3.63) is 59.4 Å². The summed E-state index contributed by atoms with van der Waals surface area (Å²) in [4.78, 5) is 14.0. The lowest BCUT2D eigenvalue weighted by Crippen LogP contribution is -2.36. The van der Waals surface area contributed by atoms with Crippen molar-refractivity contribution in [1.82, 2.24) is 10.2 Å². The topological polar surface area (TPSA) is 102 Å². The van der Waals surface area contributed by atoms with E-state index in [0.717, 1.165) is 11.1 Å². The molecule has 1 atom stereocenters. The second-order valence-corrected chi connectivity index (χ2v) is 8.11. The highest BCUT2D eigenvalue weighted by molar-refractivity contribution is 7.89. The van der Waals surface area contributed by atoms with E-state index in [9.17, 15) is 17.6 Å². The zero-order chi connectivity index (χ0) is 20.9. The number of amides is 1. The van der Waals surface area contributed by atoms with Crippen LogP contribution in [0.15, 0.2) is 47.4 Å². The smallest absolute Gasteiger partial charge is 0.238 e. The third kappa shape index (κ3) is 6.01. The summed E-state index contributed by atoms with van der Waals surface area (Å²) >= 11 is 0. The van der Waals surface area contributed by atoms with Crippen molar-refractivity contribution in [3.8, 4) is 5.75 Å². The number of rotatable bonds is 8. The number of hydrogen-bond donors (Lipinski definition) is 2. The summed E-state index contributed by atoms with van der Waals surface area (Å²) in [7, 11) is -0.592. The fourth-order valence-electron chi connectivity index (χ4n) is 2.74. The van der Waals surface area contributed by atoms with E-state index in [1.165, 1.54) is 25.3 Å². The quantitative estimate of drug-likeness (QED) is 0.692. The number of nitrogens with one attached hydrogen (secondary N) is 1. The van der Waals surface area contributed by atoms with Gasteiger partial charge in [-0.05, 0) is 49.4 Å². The molecule has 7 nitrogen and oxygen atoms in total. The molecule has 9 heteroatoms. The van der Waals surface area contributed by atoms with Crippen LogP contribution < -0.4 is 15.2 Å². The highest BCUT2D eigenvalue weighted by atomic mass is 32.2. The maximum absolute atomic E-state index is 13.8. The number of ether oxygens (including phenoxy) is 1. The van der Waals surface area contributed by atoms with Crippen LogP contribution in [0.3, 0.4) is 0 Å². The van der Waals surface area contributed by atoms with Crippen molar-refractivity contribution in [1.29, 1.82) is 0 Å². The number of nitrogens with two attached hydrogens (primary N) is 1. The molecule has 0 aromatic heterocycles. The summed E-state index contributed by atoms with van der Waals surface area (Å²) in [6, 6.07) is 10.4. The average Bonchev–Trinajstić information content (AvgIpc) is 2.61. The predicted molar refractivity (Wildman–Crippen MR) is 104 cm³/mol. The Morgan fingerprint density at radius 1 is 1.25 bits per heavy atom. The van der Waals surface area contributed by atoms with Crippen molar-refractivity contribution in [2.24, 2.45) is 5.14 Å². The van der Waals surface area contributed by atoms with Crippen LogP contribution in [-0.2, 0) is 21.4 Å². The van der Waals surface area contributed by atoms with Crippen molar-refractivity contribution < 1.29 is 22.3 Å². The lowest BCUT2D eigenvalue weighted by molar-refractivity contribution is -0.122. The van der Waals surface area contributed by atoms with Crippen molar-refractivity contribution in [3.63, 3.8) is 0 Å². The second-order valence-electron chi connectivity index (χ2n) is 6.54. The minimum Gasteiger partial charge on any atom is -0.494 e. The van der Waals surface area contributed by atoms with E-state index in [4.69, 9.17) is 9.88 Å². The number of methoxy groups -OCH3 is 1. The standard InChI is InChI=1S/C19H24FN3O4S/c1-13(15-5-7-16(8-6-15)28(21,25)26)22-19(24)12-23(2)11-14-4-9-18(27-3)17(20)10-14/h4-10,13H,11-12H2,1-3H3,(H,22,24)(H2,21,25,26)/t13-/m1/s1. The van der Waals surface area contributed by atoms with E-state index in [1.54, 1.807) is 43.1 Å². The Labute approximate surface area is 164 Å². The maximum Gasteiger partial charge on any atom is 0.238 e. The van der Waals surface area contributed by atoms with E-state index < -0.39 is 15.8 Å². The van der Waals surface area contributed by atoms with Gasteiger partial charge in [-0.25, -0.2) is 17.9 Å². The van der Waals surface area contributed by atoms with Gasteiger partial charge in [-0.15, -0.1) is 0 Å². The monoisotopic (exact) mass is 409 g/mol. The van der Waals surface area contributed by atoms with Gasteiger partial charge in [0.15, 0.2) is 11.6 Å². The lowest BCUT2D eigenvalue weighted by Gasteiger charge is -2.19. The number of carbonyl (C=O) groups excluding carboxylic acids is 1. The van der Waals surface area contributed by atoms with Crippen molar-refractivity contribution in [2.75, 3.05) is 20.7 Å². The molecule has 2 aromatic carbocycles. The molecule has 0 unspecified atom stereocenters. The molecular weight excluding hydrogens is 385 g/mol. The Hall–Kier alpha value is -2.49. The molecule has 0 spiro atoms. The first-order chi connectivity index (χ1) is 13.1. The number of likely N-dealkylation sites (N-methyl/N-ethyl adjacent to an activating group) is 1. The molecular formula is C19H24FN3O4S. The summed E-state index contributed by atoms with van der Waals surface area (Å²) in [5.41, 5.74) is 1.47. The van der Waals surface area contributed by atoms with Gasteiger partial charge in [-0.2, -0.15) is 0 Å². The third-order valence-electron chi connectivity index (χ3n) is 4.17. The van der Waals surface area contributed by atoms with Gasteiger partial charge < -0.3 is 10.1 Å². The molecule has 0 aliphatic carbocycles. The number of benzene rings is 2. The van der Waals surface area contributed by atoms with E-state index in [0.29, 0.717) is 6.54 Å². The maximum atomic E-state index is 13.8. The number of sulfonamides is 1. The van der Waals surface area contributed by atoms with Gasteiger partial charge in [-0.3, -0.25) is 9.69 Å². The molecule has 0 aliphatic rings. The minimum atomic E-state index is -3.75. The number of carbonyl (C=O) groups is 1. The van der Waals surface area contributed by atoms with Crippen LogP contribution in [0.1, 0.15) is 24.1 Å². The number of nitrogens with zero attached hydrogens (tertiary/aromatic N) is 1. The molecule has 0 radical (unpaired) electrons. The average molecular weight is 409 g/mol. The summed E-state index contributed by atoms with van der Waals surface area (Å²) in [5, 5.41) is 7.92. The SMILES string of the molecule is COc1ccc(CN(C)CC(=O)N[C@H](C)c2ccc(S(N)(=O)=O)cc2)cc1F. The van der Waals surface area contributed by atoms with Gasteiger partial charge in [0.25, 0.3) is 0 Å². The summed E-state index contributed by atoms with van der Waals surface area (Å²) in [6.07, 6.45) is 0. The zero-order valence-corrected chi connectivity index (χ0v) is 16.8. The highest BCUT2D eigenvalue weighted by Crippen LogP contribution is 2.19. The number of halogens is 1. The van der Waals surface area contributed by atoms with Crippen LogP contribution in [0.25, 0.3) is 0 Å². The zero-order valence-electron chi connectivity index (χ0n) is 16.0. The van der Waals surface area contributed by atoms with E-state index >= 15 is 0 Å². The third-order valence-corrected chi connectivity index (χ3v) is 5.10. The lowest BCUT2D eigenvalue weighted by atomic mass is 10.1. The van der Waals surface area contributed by atoms with Gasteiger partial charge in [0.2, 0.25) is 15.9 Å². The van der Waals surface area contributed by atoms with E-state index in [-0.39, 0.29) is 29.1 Å². The first kappa shape index (κ1) is 21.8. The van der Waals surface area contributed by atoms with Crippen LogP contribution in [0.2, 0.25) is 0 Å². The molecule has 1 amide bonds. The first-order valence-corrected chi connectivity index (χ1v) is 10.1. The summed E-state index contributed by atoms with van der Waals surface area (Å²) in [5.74, 6) is -0.486. The van der Waals surface area contributed by atoms with E-state index in [1.807, 2.05) is 0 Å². The van der Waals surface area contributed by atoms with Crippen LogP contribution >= 0.6 is 0 Å². The molecule has 152 valence electrons. The normalized spacial score (nSPS) is 12.6.